The number of aliphatic hydroxyl groups excluding tert-OH is 1. The zero-order valence-electron chi connectivity index (χ0n) is 12.9. The quantitative estimate of drug-likeness (QED) is 0.908. The minimum Gasteiger partial charge on any atom is -0.390 e. The molecule has 1 saturated heterocycles. The molecule has 0 aliphatic carbocycles. The van der Waals surface area contributed by atoms with Gasteiger partial charge in [0.1, 0.15) is 0 Å². The normalized spacial score (nSPS) is 18.6. The third-order valence-electron chi connectivity index (χ3n) is 4.35. The van der Waals surface area contributed by atoms with Gasteiger partial charge in [-0.3, -0.25) is 9.78 Å². The van der Waals surface area contributed by atoms with E-state index in [-0.39, 0.29) is 12.1 Å². The van der Waals surface area contributed by atoms with Gasteiger partial charge in [-0.1, -0.05) is 6.92 Å². The van der Waals surface area contributed by atoms with Gasteiger partial charge in [0, 0.05) is 12.7 Å². The predicted molar refractivity (Wildman–Crippen MR) is 84.6 cm³/mol. The molecular formula is C16H22N4O2. The second kappa shape index (κ2) is 6.54. The number of fused-ring (bicyclic) bond motifs is 1. The lowest BCUT2D eigenvalue weighted by atomic mass is 9.99. The maximum atomic E-state index is 12.3. The van der Waals surface area contributed by atoms with E-state index in [9.17, 15) is 9.90 Å². The smallest absolute Gasteiger partial charge is 0.276 e. The first-order valence-electron chi connectivity index (χ1n) is 7.85. The Labute approximate surface area is 129 Å². The maximum absolute atomic E-state index is 12.3. The summed E-state index contributed by atoms with van der Waals surface area (Å²) in [6.45, 7) is 5.10. The SMILES string of the molecule is CC1CCN(CC(O)Cn2ncc3ncccc3c2=O)CC1. The number of hydrogen-bond donors (Lipinski definition) is 1. The Morgan fingerprint density at radius 1 is 1.36 bits per heavy atom. The van der Waals surface area contributed by atoms with Gasteiger partial charge in [0.05, 0.1) is 29.7 Å². The zero-order valence-corrected chi connectivity index (χ0v) is 12.9. The summed E-state index contributed by atoms with van der Waals surface area (Å²) in [5, 5.41) is 14.9. The molecule has 3 rings (SSSR count). The first kappa shape index (κ1) is 15.1. The number of β-amino-alcohol motifs (C(OH)–C–C–N with tert-alkyl or cyclic N) is 1. The second-order valence-corrected chi connectivity index (χ2v) is 6.20. The van der Waals surface area contributed by atoms with Crippen LogP contribution in [0, 0.1) is 5.92 Å². The molecule has 0 spiro atoms. The minimum atomic E-state index is -0.590. The molecule has 0 saturated carbocycles. The Hall–Kier alpha value is -1.79. The number of hydrogen-bond acceptors (Lipinski definition) is 5. The number of likely N-dealkylation sites (tertiary alicyclic amines) is 1. The molecule has 0 bridgehead atoms. The molecule has 2 aromatic rings. The van der Waals surface area contributed by atoms with Gasteiger partial charge in [-0.2, -0.15) is 5.10 Å². The van der Waals surface area contributed by atoms with Crippen LogP contribution in [0.3, 0.4) is 0 Å². The standard InChI is InChI=1S/C16H22N4O2/c1-12-4-7-19(8-5-12)10-13(21)11-20-16(22)14-3-2-6-17-15(14)9-18-20/h2-3,6,9,12-13,21H,4-5,7-8,10-11H2,1H3. The lowest BCUT2D eigenvalue weighted by Crippen LogP contribution is -2.41. The fourth-order valence-electron chi connectivity index (χ4n) is 2.95. The van der Waals surface area contributed by atoms with Crippen LogP contribution in [-0.2, 0) is 6.54 Å². The molecule has 0 amide bonds. The van der Waals surface area contributed by atoms with Crippen LogP contribution in [0.1, 0.15) is 19.8 Å². The summed E-state index contributed by atoms with van der Waals surface area (Å²) in [6.07, 6.45) is 4.97. The molecule has 1 aliphatic heterocycles. The van der Waals surface area contributed by atoms with Crippen molar-refractivity contribution in [3.63, 3.8) is 0 Å². The Bertz CT molecular complexity index is 692. The average molecular weight is 302 g/mol. The van der Waals surface area contributed by atoms with Gasteiger partial charge in [0.15, 0.2) is 0 Å². The average Bonchev–Trinajstić information content (AvgIpc) is 2.53. The number of piperidine rings is 1. The van der Waals surface area contributed by atoms with Crippen molar-refractivity contribution in [2.75, 3.05) is 19.6 Å². The Balaban J connectivity index is 1.67. The van der Waals surface area contributed by atoms with E-state index < -0.39 is 6.10 Å². The van der Waals surface area contributed by atoms with Crippen LogP contribution in [-0.4, -0.2) is 50.5 Å². The molecule has 0 radical (unpaired) electrons. The van der Waals surface area contributed by atoms with E-state index in [1.54, 1.807) is 24.5 Å². The molecule has 22 heavy (non-hydrogen) atoms. The largest absolute Gasteiger partial charge is 0.390 e. The van der Waals surface area contributed by atoms with Gasteiger partial charge < -0.3 is 10.0 Å². The summed E-state index contributed by atoms with van der Waals surface area (Å²) in [5.74, 6) is 0.769. The topological polar surface area (TPSA) is 71.2 Å². The van der Waals surface area contributed by atoms with E-state index >= 15 is 0 Å². The van der Waals surface area contributed by atoms with Crippen LogP contribution in [0.25, 0.3) is 10.9 Å². The molecule has 1 fully saturated rings. The van der Waals surface area contributed by atoms with Gasteiger partial charge in [-0.15, -0.1) is 0 Å². The van der Waals surface area contributed by atoms with Crippen molar-refractivity contribution in [3.8, 4) is 0 Å². The van der Waals surface area contributed by atoms with Crippen LogP contribution in [0.15, 0.2) is 29.3 Å². The highest BCUT2D eigenvalue weighted by Crippen LogP contribution is 2.16. The molecule has 1 aliphatic rings. The maximum Gasteiger partial charge on any atom is 0.276 e. The summed E-state index contributed by atoms with van der Waals surface area (Å²) < 4.78 is 1.33. The molecule has 1 unspecified atom stereocenters. The first-order valence-corrected chi connectivity index (χ1v) is 7.85. The van der Waals surface area contributed by atoms with Crippen molar-refractivity contribution in [1.82, 2.24) is 19.7 Å². The van der Waals surface area contributed by atoms with Gasteiger partial charge in [-0.05, 0) is 44.0 Å². The fraction of sp³-hybridized carbons (Fsp3) is 0.562. The number of aliphatic hydroxyl groups is 1. The van der Waals surface area contributed by atoms with Gasteiger partial charge in [-0.25, -0.2) is 4.68 Å². The molecule has 0 aromatic carbocycles. The van der Waals surface area contributed by atoms with Crippen molar-refractivity contribution in [2.24, 2.45) is 5.92 Å². The molecule has 1 N–H and O–H groups in total. The third kappa shape index (κ3) is 3.34. The van der Waals surface area contributed by atoms with Crippen LogP contribution >= 0.6 is 0 Å². The molecular weight excluding hydrogens is 280 g/mol. The van der Waals surface area contributed by atoms with E-state index in [0.29, 0.717) is 17.4 Å². The summed E-state index contributed by atoms with van der Waals surface area (Å²) in [4.78, 5) is 18.7. The molecule has 2 aromatic heterocycles. The fourth-order valence-corrected chi connectivity index (χ4v) is 2.95. The van der Waals surface area contributed by atoms with Crippen molar-refractivity contribution >= 4 is 10.9 Å². The third-order valence-corrected chi connectivity index (χ3v) is 4.35. The van der Waals surface area contributed by atoms with E-state index in [1.807, 2.05) is 0 Å². The monoisotopic (exact) mass is 302 g/mol. The second-order valence-electron chi connectivity index (χ2n) is 6.20. The summed E-state index contributed by atoms with van der Waals surface area (Å²) in [5.41, 5.74) is 0.389. The van der Waals surface area contributed by atoms with E-state index in [2.05, 4.69) is 21.9 Å². The highest BCUT2D eigenvalue weighted by Gasteiger charge is 2.19. The van der Waals surface area contributed by atoms with Crippen LogP contribution < -0.4 is 5.56 Å². The van der Waals surface area contributed by atoms with Crippen molar-refractivity contribution in [1.29, 1.82) is 0 Å². The Kier molecular flexibility index (Phi) is 4.49. The number of pyridine rings is 1. The van der Waals surface area contributed by atoms with E-state index in [1.165, 1.54) is 17.5 Å². The van der Waals surface area contributed by atoms with Crippen LogP contribution in [0.2, 0.25) is 0 Å². The van der Waals surface area contributed by atoms with Crippen molar-refractivity contribution < 1.29 is 5.11 Å². The highest BCUT2D eigenvalue weighted by molar-refractivity contribution is 5.75. The zero-order chi connectivity index (χ0) is 15.5. The number of nitrogens with zero attached hydrogens (tertiary/aromatic N) is 4. The molecule has 1 atom stereocenters. The molecule has 6 heteroatoms. The van der Waals surface area contributed by atoms with Gasteiger partial charge in [0.2, 0.25) is 0 Å². The molecule has 118 valence electrons. The Morgan fingerprint density at radius 2 is 2.14 bits per heavy atom. The minimum absolute atomic E-state index is 0.197. The van der Waals surface area contributed by atoms with Gasteiger partial charge >= 0.3 is 0 Å². The van der Waals surface area contributed by atoms with E-state index in [0.717, 1.165) is 19.0 Å². The van der Waals surface area contributed by atoms with Crippen molar-refractivity contribution in [3.05, 3.63) is 34.9 Å². The highest BCUT2D eigenvalue weighted by atomic mass is 16.3. The van der Waals surface area contributed by atoms with Crippen LogP contribution in [0.4, 0.5) is 0 Å². The van der Waals surface area contributed by atoms with Gasteiger partial charge in [0.25, 0.3) is 5.56 Å². The van der Waals surface area contributed by atoms with Crippen LogP contribution in [0.5, 0.6) is 0 Å². The summed E-state index contributed by atoms with van der Waals surface area (Å²) in [6, 6.07) is 3.47. The summed E-state index contributed by atoms with van der Waals surface area (Å²) >= 11 is 0. The predicted octanol–water partition coefficient (Wildman–Crippen LogP) is 0.884. The molecule has 3 heterocycles. The number of rotatable bonds is 4. The first-order chi connectivity index (χ1) is 10.6. The van der Waals surface area contributed by atoms with Crippen molar-refractivity contribution in [2.45, 2.75) is 32.4 Å². The lowest BCUT2D eigenvalue weighted by Gasteiger charge is -2.31. The molecule has 6 nitrogen and oxygen atoms in total. The number of aromatic nitrogens is 3. The van der Waals surface area contributed by atoms with E-state index in [4.69, 9.17) is 0 Å². The Morgan fingerprint density at radius 3 is 2.91 bits per heavy atom. The summed E-state index contributed by atoms with van der Waals surface area (Å²) in [7, 11) is 0. The lowest BCUT2D eigenvalue weighted by molar-refractivity contribution is 0.0768.